The van der Waals surface area contributed by atoms with Crippen LogP contribution in [0.2, 0.25) is 0 Å². The van der Waals surface area contributed by atoms with Crippen LogP contribution >= 0.6 is 15.9 Å². The molecule has 0 spiro atoms. The summed E-state index contributed by atoms with van der Waals surface area (Å²) in [5, 5.41) is 13.6. The topological polar surface area (TPSA) is 97.6 Å². The molecular formula is C14H19BrN4O4. The molecule has 1 aliphatic heterocycles. The summed E-state index contributed by atoms with van der Waals surface area (Å²) in [4.78, 5) is 28.2. The Balaban J connectivity index is 1.97. The molecule has 1 amide bonds. The van der Waals surface area contributed by atoms with Gasteiger partial charge in [0.05, 0.1) is 15.4 Å². The molecule has 0 bridgehead atoms. The first-order valence-electron chi connectivity index (χ1n) is 7.20. The number of hydrogen-bond acceptors (Lipinski definition) is 6. The minimum absolute atomic E-state index is 0.0475. The Morgan fingerprint density at radius 3 is 2.83 bits per heavy atom. The summed E-state index contributed by atoms with van der Waals surface area (Å²) in [6.07, 6.45) is 1.54. The second-order valence-corrected chi connectivity index (χ2v) is 7.19. The molecule has 2 heterocycles. The maximum atomic E-state index is 11.8. The van der Waals surface area contributed by atoms with Crippen molar-refractivity contribution in [3.05, 3.63) is 26.9 Å². The molecular weight excluding hydrogens is 368 g/mol. The number of nitro groups is 1. The Morgan fingerprint density at radius 2 is 2.26 bits per heavy atom. The molecule has 0 saturated carbocycles. The van der Waals surface area contributed by atoms with Crippen LogP contribution in [-0.2, 0) is 4.74 Å². The standard InChI is InChI=1S/C14H19BrN4O4/c1-14(2,3)23-13(20)17-9-4-5-18(8-9)12-11(15)6-10(7-16-12)19(21)22/h6-7,9H,4-5,8H2,1-3H3,(H,17,20)/t9-/m0/s1. The van der Waals surface area contributed by atoms with Crippen molar-refractivity contribution >= 4 is 33.5 Å². The van der Waals surface area contributed by atoms with Crippen LogP contribution in [0.15, 0.2) is 16.7 Å². The van der Waals surface area contributed by atoms with Gasteiger partial charge in [0.25, 0.3) is 5.69 Å². The predicted molar refractivity (Wildman–Crippen MR) is 88.6 cm³/mol. The molecule has 9 heteroatoms. The Labute approximate surface area is 142 Å². The van der Waals surface area contributed by atoms with Gasteiger partial charge < -0.3 is 15.0 Å². The Bertz CT molecular complexity index is 617. The highest BCUT2D eigenvalue weighted by molar-refractivity contribution is 9.10. The summed E-state index contributed by atoms with van der Waals surface area (Å²) in [5.74, 6) is 0.629. The van der Waals surface area contributed by atoms with Crippen LogP contribution in [-0.4, -0.2) is 40.7 Å². The fourth-order valence-corrected chi connectivity index (χ4v) is 2.89. The second kappa shape index (κ2) is 6.69. The summed E-state index contributed by atoms with van der Waals surface area (Å²) >= 11 is 3.32. The van der Waals surface area contributed by atoms with Gasteiger partial charge in [0, 0.05) is 19.2 Å². The van der Waals surface area contributed by atoms with Crippen molar-refractivity contribution < 1.29 is 14.5 Å². The van der Waals surface area contributed by atoms with Gasteiger partial charge in [0.1, 0.15) is 17.6 Å². The van der Waals surface area contributed by atoms with Gasteiger partial charge in [-0.3, -0.25) is 10.1 Å². The zero-order valence-corrected chi connectivity index (χ0v) is 14.8. The van der Waals surface area contributed by atoms with Crippen molar-refractivity contribution in [2.45, 2.75) is 38.8 Å². The van der Waals surface area contributed by atoms with Gasteiger partial charge in [-0.25, -0.2) is 9.78 Å². The lowest BCUT2D eigenvalue weighted by molar-refractivity contribution is -0.385. The van der Waals surface area contributed by atoms with Crippen molar-refractivity contribution in [3.63, 3.8) is 0 Å². The van der Waals surface area contributed by atoms with E-state index in [1.165, 1.54) is 12.3 Å². The Kier molecular flexibility index (Phi) is 5.08. The van der Waals surface area contributed by atoms with E-state index in [0.717, 1.165) is 6.42 Å². The average Bonchev–Trinajstić information content (AvgIpc) is 2.84. The van der Waals surface area contributed by atoms with Crippen molar-refractivity contribution in [1.29, 1.82) is 0 Å². The number of hydrogen-bond donors (Lipinski definition) is 1. The van der Waals surface area contributed by atoms with Crippen LogP contribution in [0.4, 0.5) is 16.3 Å². The zero-order chi connectivity index (χ0) is 17.2. The van der Waals surface area contributed by atoms with E-state index in [1.807, 2.05) is 25.7 Å². The number of alkyl carbamates (subject to hydrolysis) is 1. The number of carbonyl (C=O) groups excluding carboxylic acids is 1. The van der Waals surface area contributed by atoms with E-state index >= 15 is 0 Å². The average molecular weight is 387 g/mol. The highest BCUT2D eigenvalue weighted by atomic mass is 79.9. The van der Waals surface area contributed by atoms with Crippen LogP contribution < -0.4 is 10.2 Å². The second-order valence-electron chi connectivity index (χ2n) is 6.33. The number of nitrogens with one attached hydrogen (secondary N) is 1. The third-order valence-electron chi connectivity index (χ3n) is 3.23. The Hall–Kier alpha value is -1.90. The molecule has 1 N–H and O–H groups in total. The molecule has 0 aliphatic carbocycles. The highest BCUT2D eigenvalue weighted by Gasteiger charge is 2.28. The van der Waals surface area contributed by atoms with Gasteiger partial charge in [-0.15, -0.1) is 0 Å². The SMILES string of the molecule is CC(C)(C)OC(=O)N[C@H]1CCN(c2ncc([N+](=O)[O-])cc2Br)C1. The third-order valence-corrected chi connectivity index (χ3v) is 3.81. The molecule has 1 aromatic heterocycles. The Morgan fingerprint density at radius 1 is 1.57 bits per heavy atom. The number of carbonyl (C=O) groups is 1. The summed E-state index contributed by atoms with van der Waals surface area (Å²) in [6.45, 7) is 6.70. The number of nitrogens with zero attached hydrogens (tertiary/aromatic N) is 3. The van der Waals surface area contributed by atoms with Gasteiger partial charge in [-0.2, -0.15) is 0 Å². The smallest absolute Gasteiger partial charge is 0.407 e. The number of amides is 1. The van der Waals surface area contributed by atoms with Crippen LogP contribution in [0, 0.1) is 10.1 Å². The molecule has 126 valence electrons. The molecule has 1 fully saturated rings. The lowest BCUT2D eigenvalue weighted by atomic mass is 10.2. The third kappa shape index (κ3) is 4.78. The first kappa shape index (κ1) is 17.5. The van der Waals surface area contributed by atoms with Crippen molar-refractivity contribution in [2.75, 3.05) is 18.0 Å². The largest absolute Gasteiger partial charge is 0.444 e. The normalized spacial score (nSPS) is 17.9. The minimum Gasteiger partial charge on any atom is -0.444 e. The summed E-state index contributed by atoms with van der Waals surface area (Å²) in [7, 11) is 0. The van der Waals surface area contributed by atoms with Crippen molar-refractivity contribution in [1.82, 2.24) is 10.3 Å². The predicted octanol–water partition coefficient (Wildman–Crippen LogP) is 2.86. The first-order valence-corrected chi connectivity index (χ1v) is 7.99. The van der Waals surface area contributed by atoms with E-state index in [2.05, 4.69) is 26.2 Å². The monoisotopic (exact) mass is 386 g/mol. The number of rotatable bonds is 3. The van der Waals surface area contributed by atoms with Crippen molar-refractivity contribution in [3.8, 4) is 0 Å². The lowest BCUT2D eigenvalue weighted by Crippen LogP contribution is -2.40. The van der Waals surface area contributed by atoms with E-state index in [9.17, 15) is 14.9 Å². The van der Waals surface area contributed by atoms with Crippen LogP contribution in [0.3, 0.4) is 0 Å². The van der Waals surface area contributed by atoms with E-state index in [4.69, 9.17) is 4.74 Å². The molecule has 1 aromatic rings. The quantitative estimate of drug-likeness (QED) is 0.633. The van der Waals surface area contributed by atoms with Crippen LogP contribution in [0.5, 0.6) is 0 Å². The van der Waals surface area contributed by atoms with Gasteiger partial charge in [0.15, 0.2) is 0 Å². The van der Waals surface area contributed by atoms with E-state index in [0.29, 0.717) is 23.4 Å². The molecule has 8 nitrogen and oxygen atoms in total. The fourth-order valence-electron chi connectivity index (χ4n) is 2.30. The first-order chi connectivity index (χ1) is 10.7. The summed E-state index contributed by atoms with van der Waals surface area (Å²) in [6, 6.07) is 1.38. The maximum Gasteiger partial charge on any atom is 0.407 e. The lowest BCUT2D eigenvalue weighted by Gasteiger charge is -2.22. The molecule has 23 heavy (non-hydrogen) atoms. The number of aromatic nitrogens is 1. The number of halogens is 1. The number of anilines is 1. The number of pyridine rings is 1. The van der Waals surface area contributed by atoms with Gasteiger partial charge in [-0.05, 0) is 43.1 Å². The van der Waals surface area contributed by atoms with E-state index in [1.54, 1.807) is 0 Å². The van der Waals surface area contributed by atoms with Crippen LogP contribution in [0.1, 0.15) is 27.2 Å². The minimum atomic E-state index is -0.536. The fraction of sp³-hybridized carbons (Fsp3) is 0.571. The van der Waals surface area contributed by atoms with Crippen molar-refractivity contribution in [2.24, 2.45) is 0 Å². The molecule has 2 rings (SSSR count). The number of ether oxygens (including phenoxy) is 1. The van der Waals surface area contributed by atoms with E-state index < -0.39 is 16.6 Å². The molecule has 0 unspecified atom stereocenters. The highest BCUT2D eigenvalue weighted by Crippen LogP contribution is 2.29. The molecule has 1 aliphatic rings. The molecule has 1 saturated heterocycles. The van der Waals surface area contributed by atoms with Gasteiger partial charge in [-0.1, -0.05) is 0 Å². The molecule has 0 aromatic carbocycles. The van der Waals surface area contributed by atoms with Gasteiger partial charge >= 0.3 is 6.09 Å². The summed E-state index contributed by atoms with van der Waals surface area (Å²) in [5.41, 5.74) is -0.603. The zero-order valence-electron chi connectivity index (χ0n) is 13.2. The van der Waals surface area contributed by atoms with Crippen LogP contribution in [0.25, 0.3) is 0 Å². The maximum absolute atomic E-state index is 11.8. The summed E-state index contributed by atoms with van der Waals surface area (Å²) < 4.78 is 5.80. The van der Waals surface area contributed by atoms with E-state index in [-0.39, 0.29) is 11.7 Å². The molecule has 1 atom stereocenters. The van der Waals surface area contributed by atoms with Gasteiger partial charge in [0.2, 0.25) is 0 Å². The molecule has 0 radical (unpaired) electrons.